The number of aromatic nitrogens is 1. The molecule has 0 saturated heterocycles. The van der Waals surface area contributed by atoms with Crippen molar-refractivity contribution in [3.63, 3.8) is 0 Å². The van der Waals surface area contributed by atoms with E-state index in [1.165, 1.54) is 5.57 Å². The van der Waals surface area contributed by atoms with Crippen molar-refractivity contribution in [2.24, 2.45) is 0 Å². The third-order valence-electron chi connectivity index (χ3n) is 3.52. The number of hydrogen-bond donors (Lipinski definition) is 2. The lowest BCUT2D eigenvalue weighted by Crippen LogP contribution is -2.30. The Morgan fingerprint density at radius 2 is 2.05 bits per heavy atom. The summed E-state index contributed by atoms with van der Waals surface area (Å²) in [5.74, 6) is -0.110. The number of carbonyl (C=O) groups excluding carboxylic acids is 1. The van der Waals surface area contributed by atoms with Gasteiger partial charge in [0.2, 0.25) is 0 Å². The van der Waals surface area contributed by atoms with E-state index < -0.39 is 0 Å². The van der Waals surface area contributed by atoms with Crippen molar-refractivity contribution in [2.75, 3.05) is 19.6 Å². The number of nitrogens with zero attached hydrogens (tertiary/aromatic N) is 1. The van der Waals surface area contributed by atoms with Crippen molar-refractivity contribution in [3.05, 3.63) is 53.9 Å². The Bertz CT molecular complexity index is 668. The second-order valence-electron chi connectivity index (χ2n) is 4.88. The van der Waals surface area contributed by atoms with E-state index in [1.807, 2.05) is 30.3 Å². The molecule has 1 amide bonds. The molecule has 1 aromatic carbocycles. The molecule has 0 atom stereocenters. The molecule has 2 aromatic rings. The molecule has 1 aliphatic rings. The molecule has 0 bridgehead atoms. The molecule has 6 heteroatoms. The van der Waals surface area contributed by atoms with Gasteiger partial charge in [0.25, 0.3) is 5.91 Å². The van der Waals surface area contributed by atoms with Crippen LogP contribution in [-0.2, 0) is 0 Å². The third-order valence-corrected chi connectivity index (χ3v) is 3.52. The van der Waals surface area contributed by atoms with Crippen LogP contribution < -0.4 is 10.6 Å². The van der Waals surface area contributed by atoms with E-state index in [2.05, 4.69) is 21.7 Å². The Kier molecular flexibility index (Phi) is 7.32. The molecule has 0 fully saturated rings. The SMILES string of the molecule is Cl.Cl.O=C(NCC1=CCNCC1)c1nccc2ccccc12. The van der Waals surface area contributed by atoms with Crippen molar-refractivity contribution in [2.45, 2.75) is 6.42 Å². The first kappa shape index (κ1) is 18.4. The summed E-state index contributed by atoms with van der Waals surface area (Å²) >= 11 is 0. The van der Waals surface area contributed by atoms with E-state index in [0.29, 0.717) is 12.2 Å². The molecule has 1 aromatic heterocycles. The summed E-state index contributed by atoms with van der Waals surface area (Å²) in [4.78, 5) is 16.5. The van der Waals surface area contributed by atoms with Gasteiger partial charge >= 0.3 is 0 Å². The number of benzene rings is 1. The fraction of sp³-hybridized carbons (Fsp3) is 0.250. The topological polar surface area (TPSA) is 54.0 Å². The van der Waals surface area contributed by atoms with Gasteiger partial charge in [0, 0.05) is 24.7 Å². The number of carbonyl (C=O) groups is 1. The molecular weight excluding hydrogens is 321 g/mol. The quantitative estimate of drug-likeness (QED) is 0.845. The summed E-state index contributed by atoms with van der Waals surface area (Å²) in [6.45, 7) is 2.47. The lowest BCUT2D eigenvalue weighted by molar-refractivity contribution is 0.0953. The summed E-state index contributed by atoms with van der Waals surface area (Å²) in [6.07, 6.45) is 4.81. The van der Waals surface area contributed by atoms with Gasteiger partial charge in [-0.3, -0.25) is 9.78 Å². The van der Waals surface area contributed by atoms with Crippen LogP contribution >= 0.6 is 24.8 Å². The van der Waals surface area contributed by atoms with Crippen molar-refractivity contribution < 1.29 is 4.79 Å². The van der Waals surface area contributed by atoms with Crippen LogP contribution in [0.15, 0.2) is 48.2 Å². The molecule has 1 aliphatic heterocycles. The average Bonchev–Trinajstić information content (AvgIpc) is 2.53. The van der Waals surface area contributed by atoms with E-state index >= 15 is 0 Å². The molecule has 0 spiro atoms. The number of rotatable bonds is 3. The fourth-order valence-electron chi connectivity index (χ4n) is 2.41. The number of hydrogen-bond acceptors (Lipinski definition) is 3. The highest BCUT2D eigenvalue weighted by molar-refractivity contribution is 6.05. The standard InChI is InChI=1S/C16H17N3O.2ClH/c20-16(19-11-12-5-8-17-9-6-12)15-14-4-2-1-3-13(14)7-10-18-15;;/h1-5,7,10,17H,6,8-9,11H2,(H,19,20);2*1H. The minimum Gasteiger partial charge on any atom is -0.347 e. The van der Waals surface area contributed by atoms with E-state index in [1.54, 1.807) is 6.20 Å². The summed E-state index contributed by atoms with van der Waals surface area (Å²) in [5, 5.41) is 8.15. The van der Waals surface area contributed by atoms with Gasteiger partial charge in [-0.15, -0.1) is 24.8 Å². The number of amides is 1. The highest BCUT2D eigenvalue weighted by Gasteiger charge is 2.12. The Labute approximate surface area is 142 Å². The minimum atomic E-state index is -0.110. The van der Waals surface area contributed by atoms with Crippen LogP contribution in [0.25, 0.3) is 10.8 Å². The van der Waals surface area contributed by atoms with Gasteiger partial charge in [0.1, 0.15) is 5.69 Å². The average molecular weight is 340 g/mol. The predicted molar refractivity (Wildman–Crippen MR) is 94.1 cm³/mol. The van der Waals surface area contributed by atoms with E-state index in [4.69, 9.17) is 0 Å². The van der Waals surface area contributed by atoms with Crippen LogP contribution in [-0.4, -0.2) is 30.5 Å². The molecule has 3 rings (SSSR count). The maximum atomic E-state index is 12.3. The Balaban J connectivity index is 0.00000121. The lowest BCUT2D eigenvalue weighted by atomic mass is 10.1. The van der Waals surface area contributed by atoms with Crippen LogP contribution in [0.3, 0.4) is 0 Å². The monoisotopic (exact) mass is 339 g/mol. The van der Waals surface area contributed by atoms with Crippen LogP contribution in [0.2, 0.25) is 0 Å². The minimum absolute atomic E-state index is 0. The maximum Gasteiger partial charge on any atom is 0.270 e. The Morgan fingerprint density at radius 3 is 2.82 bits per heavy atom. The molecule has 0 saturated carbocycles. The zero-order valence-electron chi connectivity index (χ0n) is 12.0. The predicted octanol–water partition coefficient (Wildman–Crippen LogP) is 2.73. The van der Waals surface area contributed by atoms with Crippen molar-refractivity contribution in [1.29, 1.82) is 0 Å². The first-order chi connectivity index (χ1) is 9.84. The summed E-state index contributed by atoms with van der Waals surface area (Å²) in [5.41, 5.74) is 1.77. The van der Waals surface area contributed by atoms with Gasteiger partial charge in [-0.25, -0.2) is 0 Å². The van der Waals surface area contributed by atoms with Gasteiger partial charge in [-0.2, -0.15) is 0 Å². The van der Waals surface area contributed by atoms with E-state index in [9.17, 15) is 4.79 Å². The van der Waals surface area contributed by atoms with Gasteiger partial charge < -0.3 is 10.6 Å². The van der Waals surface area contributed by atoms with Crippen molar-refractivity contribution >= 4 is 41.5 Å². The zero-order chi connectivity index (χ0) is 13.8. The molecule has 118 valence electrons. The van der Waals surface area contributed by atoms with Gasteiger partial charge in [-0.1, -0.05) is 35.9 Å². The first-order valence-corrected chi connectivity index (χ1v) is 6.85. The number of nitrogens with one attached hydrogen (secondary N) is 2. The van der Waals surface area contributed by atoms with Crippen molar-refractivity contribution in [1.82, 2.24) is 15.6 Å². The summed E-state index contributed by atoms with van der Waals surface area (Å²) in [7, 11) is 0. The summed E-state index contributed by atoms with van der Waals surface area (Å²) in [6, 6.07) is 9.73. The zero-order valence-corrected chi connectivity index (χ0v) is 13.7. The largest absolute Gasteiger partial charge is 0.347 e. The smallest absolute Gasteiger partial charge is 0.270 e. The van der Waals surface area contributed by atoms with Crippen LogP contribution in [0.1, 0.15) is 16.9 Å². The van der Waals surface area contributed by atoms with Crippen molar-refractivity contribution in [3.8, 4) is 0 Å². The fourth-order valence-corrected chi connectivity index (χ4v) is 2.41. The molecule has 4 nitrogen and oxygen atoms in total. The third kappa shape index (κ3) is 4.19. The summed E-state index contributed by atoms with van der Waals surface area (Å²) < 4.78 is 0. The van der Waals surface area contributed by atoms with Crippen LogP contribution in [0, 0.1) is 0 Å². The second-order valence-corrected chi connectivity index (χ2v) is 4.88. The highest BCUT2D eigenvalue weighted by atomic mass is 35.5. The molecule has 0 radical (unpaired) electrons. The van der Waals surface area contributed by atoms with Gasteiger partial charge in [0.05, 0.1) is 0 Å². The number of halogens is 2. The Hall–Kier alpha value is -1.62. The molecule has 2 N–H and O–H groups in total. The van der Waals surface area contributed by atoms with Gasteiger partial charge in [0.15, 0.2) is 0 Å². The number of pyridine rings is 1. The second kappa shape index (κ2) is 8.73. The molecule has 0 aliphatic carbocycles. The van der Waals surface area contributed by atoms with Crippen LogP contribution in [0.5, 0.6) is 0 Å². The highest BCUT2D eigenvalue weighted by Crippen LogP contribution is 2.16. The molecule has 22 heavy (non-hydrogen) atoms. The first-order valence-electron chi connectivity index (χ1n) is 6.85. The molecule has 2 heterocycles. The molecular formula is C16H19Cl2N3O. The van der Waals surface area contributed by atoms with E-state index in [-0.39, 0.29) is 30.7 Å². The Morgan fingerprint density at radius 1 is 1.23 bits per heavy atom. The normalized spacial score (nSPS) is 13.5. The number of fused-ring (bicyclic) bond motifs is 1. The maximum absolute atomic E-state index is 12.3. The lowest BCUT2D eigenvalue weighted by Gasteiger charge is -2.14. The van der Waals surface area contributed by atoms with E-state index in [0.717, 1.165) is 30.3 Å². The molecule has 0 unspecified atom stereocenters. The van der Waals surface area contributed by atoms with Crippen LogP contribution in [0.4, 0.5) is 0 Å². The van der Waals surface area contributed by atoms with Gasteiger partial charge in [-0.05, 0) is 24.4 Å².